The number of rotatable bonds is 6. The van der Waals surface area contributed by atoms with Crippen LogP contribution < -0.4 is 5.32 Å². The molecule has 0 bridgehead atoms. The van der Waals surface area contributed by atoms with Gasteiger partial charge in [0.05, 0.1) is 0 Å². The van der Waals surface area contributed by atoms with Crippen LogP contribution in [0.5, 0.6) is 0 Å². The molecule has 0 aliphatic heterocycles. The standard InChI is InChI=1S/C17H25N/c1-5-15(13-14-11-9-8-10-12-14)16(6-2)17(7-3)18-4/h5-6,8-12,17-18H,7,13H2,1-4H3/b15-5-,16-6+. The summed E-state index contributed by atoms with van der Waals surface area (Å²) in [6.07, 6.45) is 6.60. The molecule has 1 heteroatoms. The second-order valence-corrected chi connectivity index (χ2v) is 4.47. The van der Waals surface area contributed by atoms with Gasteiger partial charge in [0.15, 0.2) is 0 Å². The molecule has 0 aliphatic rings. The highest BCUT2D eigenvalue weighted by molar-refractivity contribution is 5.38. The minimum atomic E-state index is 0.449. The van der Waals surface area contributed by atoms with Gasteiger partial charge < -0.3 is 5.32 Å². The van der Waals surface area contributed by atoms with Gasteiger partial charge in [-0.25, -0.2) is 0 Å². The molecule has 0 aliphatic carbocycles. The average molecular weight is 243 g/mol. The Labute approximate surface area is 112 Å². The van der Waals surface area contributed by atoms with Gasteiger partial charge in [-0.1, -0.05) is 49.4 Å². The summed E-state index contributed by atoms with van der Waals surface area (Å²) in [5.41, 5.74) is 4.21. The number of hydrogen-bond acceptors (Lipinski definition) is 1. The van der Waals surface area contributed by atoms with Crippen molar-refractivity contribution in [3.8, 4) is 0 Å². The van der Waals surface area contributed by atoms with Gasteiger partial charge in [-0.2, -0.15) is 0 Å². The van der Waals surface area contributed by atoms with Crippen molar-refractivity contribution in [3.05, 3.63) is 59.2 Å². The summed E-state index contributed by atoms with van der Waals surface area (Å²) in [4.78, 5) is 0. The third-order valence-electron chi connectivity index (χ3n) is 3.40. The van der Waals surface area contributed by atoms with E-state index < -0.39 is 0 Å². The first kappa shape index (κ1) is 14.7. The molecule has 0 aromatic heterocycles. The largest absolute Gasteiger partial charge is 0.313 e. The van der Waals surface area contributed by atoms with Gasteiger partial charge in [0.25, 0.3) is 0 Å². The van der Waals surface area contributed by atoms with Crippen molar-refractivity contribution < 1.29 is 0 Å². The summed E-state index contributed by atoms with van der Waals surface area (Å²) in [6.45, 7) is 6.48. The van der Waals surface area contributed by atoms with E-state index >= 15 is 0 Å². The molecule has 0 fully saturated rings. The zero-order chi connectivity index (χ0) is 13.4. The van der Waals surface area contributed by atoms with E-state index in [9.17, 15) is 0 Å². The summed E-state index contributed by atoms with van der Waals surface area (Å²) < 4.78 is 0. The Kier molecular flexibility index (Phi) is 6.45. The molecule has 0 amide bonds. The van der Waals surface area contributed by atoms with Crippen molar-refractivity contribution in [2.75, 3.05) is 7.05 Å². The molecule has 18 heavy (non-hydrogen) atoms. The van der Waals surface area contributed by atoms with Crippen molar-refractivity contribution in [3.63, 3.8) is 0 Å². The number of allylic oxidation sites excluding steroid dienone is 2. The highest BCUT2D eigenvalue weighted by Gasteiger charge is 2.13. The predicted molar refractivity (Wildman–Crippen MR) is 80.8 cm³/mol. The first-order chi connectivity index (χ1) is 8.76. The summed E-state index contributed by atoms with van der Waals surface area (Å²) in [7, 11) is 2.04. The Balaban J connectivity index is 2.89. The van der Waals surface area contributed by atoms with Crippen LogP contribution >= 0.6 is 0 Å². The maximum absolute atomic E-state index is 3.39. The second kappa shape index (κ2) is 7.88. The quantitative estimate of drug-likeness (QED) is 0.741. The molecule has 1 rings (SSSR count). The van der Waals surface area contributed by atoms with E-state index in [1.165, 1.54) is 16.7 Å². The third-order valence-corrected chi connectivity index (χ3v) is 3.40. The normalized spacial score (nSPS) is 14.7. The van der Waals surface area contributed by atoms with E-state index in [2.05, 4.69) is 68.6 Å². The monoisotopic (exact) mass is 243 g/mol. The topological polar surface area (TPSA) is 12.0 Å². The Bertz CT molecular complexity index is 397. The number of benzene rings is 1. The molecule has 0 saturated carbocycles. The molecule has 0 spiro atoms. The van der Waals surface area contributed by atoms with E-state index in [4.69, 9.17) is 0 Å². The highest BCUT2D eigenvalue weighted by Crippen LogP contribution is 2.21. The van der Waals surface area contributed by atoms with E-state index in [1.807, 2.05) is 7.05 Å². The summed E-state index contributed by atoms with van der Waals surface area (Å²) in [6, 6.07) is 11.1. The molecule has 1 nitrogen and oxygen atoms in total. The van der Waals surface area contributed by atoms with Crippen molar-refractivity contribution in [1.29, 1.82) is 0 Å². The van der Waals surface area contributed by atoms with E-state index in [0.717, 1.165) is 12.8 Å². The number of likely N-dealkylation sites (N-methyl/N-ethyl adjacent to an activating group) is 1. The highest BCUT2D eigenvalue weighted by atomic mass is 14.9. The van der Waals surface area contributed by atoms with Crippen LogP contribution in [0.3, 0.4) is 0 Å². The van der Waals surface area contributed by atoms with Crippen molar-refractivity contribution in [2.45, 2.75) is 39.7 Å². The average Bonchev–Trinajstić information content (AvgIpc) is 2.43. The van der Waals surface area contributed by atoms with E-state index in [-0.39, 0.29) is 0 Å². The molecular weight excluding hydrogens is 218 g/mol. The fourth-order valence-electron chi connectivity index (χ4n) is 2.38. The van der Waals surface area contributed by atoms with Crippen LogP contribution in [0, 0.1) is 0 Å². The Morgan fingerprint density at radius 1 is 1.17 bits per heavy atom. The molecule has 0 radical (unpaired) electrons. The molecule has 1 N–H and O–H groups in total. The molecule has 1 aromatic rings. The Morgan fingerprint density at radius 3 is 2.28 bits per heavy atom. The van der Waals surface area contributed by atoms with Crippen LogP contribution in [0.2, 0.25) is 0 Å². The minimum Gasteiger partial charge on any atom is -0.313 e. The maximum Gasteiger partial charge on any atom is 0.0314 e. The lowest BCUT2D eigenvalue weighted by atomic mass is 9.91. The zero-order valence-electron chi connectivity index (χ0n) is 12.0. The van der Waals surface area contributed by atoms with Gasteiger partial charge in [-0.3, -0.25) is 0 Å². The van der Waals surface area contributed by atoms with E-state index in [0.29, 0.717) is 6.04 Å². The summed E-state index contributed by atoms with van der Waals surface area (Å²) in [5.74, 6) is 0. The number of hydrogen-bond donors (Lipinski definition) is 1. The predicted octanol–water partition coefficient (Wildman–Crippen LogP) is 4.12. The SMILES string of the molecule is C/C=C(Cc1ccccc1)\C(=C/C)C(CC)NC. The summed E-state index contributed by atoms with van der Waals surface area (Å²) >= 11 is 0. The van der Waals surface area contributed by atoms with Gasteiger partial charge >= 0.3 is 0 Å². The molecule has 98 valence electrons. The molecule has 0 saturated heterocycles. The van der Waals surface area contributed by atoms with Crippen LogP contribution in [-0.2, 0) is 6.42 Å². The maximum atomic E-state index is 3.39. The Hall–Kier alpha value is -1.34. The molecule has 1 aromatic carbocycles. The van der Waals surface area contributed by atoms with Crippen LogP contribution in [0.1, 0.15) is 32.8 Å². The molecule has 1 unspecified atom stereocenters. The molecule has 0 heterocycles. The van der Waals surface area contributed by atoms with E-state index in [1.54, 1.807) is 0 Å². The van der Waals surface area contributed by atoms with Crippen LogP contribution in [0.15, 0.2) is 53.6 Å². The van der Waals surface area contributed by atoms with Crippen LogP contribution in [0.4, 0.5) is 0 Å². The smallest absolute Gasteiger partial charge is 0.0314 e. The van der Waals surface area contributed by atoms with Gasteiger partial charge in [-0.15, -0.1) is 0 Å². The lowest BCUT2D eigenvalue weighted by molar-refractivity contribution is 0.618. The number of nitrogens with one attached hydrogen (secondary N) is 1. The van der Waals surface area contributed by atoms with Crippen molar-refractivity contribution in [1.82, 2.24) is 5.32 Å². The molecular formula is C17H25N. The van der Waals surface area contributed by atoms with Crippen molar-refractivity contribution >= 4 is 0 Å². The third kappa shape index (κ3) is 3.85. The molecule has 1 atom stereocenters. The lowest BCUT2D eigenvalue weighted by Crippen LogP contribution is -2.27. The van der Waals surface area contributed by atoms with Crippen LogP contribution in [0.25, 0.3) is 0 Å². The van der Waals surface area contributed by atoms with Gasteiger partial charge in [-0.05, 0) is 50.4 Å². The van der Waals surface area contributed by atoms with Gasteiger partial charge in [0.2, 0.25) is 0 Å². The van der Waals surface area contributed by atoms with Crippen molar-refractivity contribution in [2.24, 2.45) is 0 Å². The fraction of sp³-hybridized carbons (Fsp3) is 0.412. The second-order valence-electron chi connectivity index (χ2n) is 4.47. The first-order valence-corrected chi connectivity index (χ1v) is 6.79. The lowest BCUT2D eigenvalue weighted by Gasteiger charge is -2.21. The fourth-order valence-corrected chi connectivity index (χ4v) is 2.38. The Morgan fingerprint density at radius 2 is 1.83 bits per heavy atom. The van der Waals surface area contributed by atoms with Crippen LogP contribution in [-0.4, -0.2) is 13.1 Å². The minimum absolute atomic E-state index is 0.449. The summed E-state index contributed by atoms with van der Waals surface area (Å²) in [5, 5.41) is 3.39. The van der Waals surface area contributed by atoms with Gasteiger partial charge in [0, 0.05) is 6.04 Å². The zero-order valence-corrected chi connectivity index (χ0v) is 12.0. The van der Waals surface area contributed by atoms with Gasteiger partial charge in [0.1, 0.15) is 0 Å². The first-order valence-electron chi connectivity index (χ1n) is 6.79.